The van der Waals surface area contributed by atoms with Gasteiger partial charge in [0, 0.05) is 31.4 Å². The minimum absolute atomic E-state index is 0.200. The molecule has 8 nitrogen and oxygen atoms in total. The Hall–Kier alpha value is -2.26. The van der Waals surface area contributed by atoms with Gasteiger partial charge in [0.25, 0.3) is 5.91 Å². The van der Waals surface area contributed by atoms with Gasteiger partial charge in [0.2, 0.25) is 0 Å². The summed E-state index contributed by atoms with van der Waals surface area (Å²) >= 11 is 0. The largest absolute Gasteiger partial charge is 0.459 e. The molecule has 0 saturated carbocycles. The predicted octanol–water partition coefficient (Wildman–Crippen LogP) is 0.0681. The maximum absolute atomic E-state index is 12.1. The molecule has 146 valence electrons. The summed E-state index contributed by atoms with van der Waals surface area (Å²) in [6.07, 6.45) is 1.91. The van der Waals surface area contributed by atoms with Crippen LogP contribution in [0.4, 0.5) is 0 Å². The van der Waals surface area contributed by atoms with Crippen molar-refractivity contribution in [2.45, 2.75) is 30.8 Å². The summed E-state index contributed by atoms with van der Waals surface area (Å²) in [5, 5.41) is 22.8. The lowest BCUT2D eigenvalue weighted by Crippen LogP contribution is -2.50. The first kappa shape index (κ1) is 19.5. The molecular weight excluding hydrogens is 350 g/mol. The topological polar surface area (TPSA) is 108 Å². The van der Waals surface area contributed by atoms with E-state index < -0.39 is 18.3 Å². The number of hydrogen-bond donors (Lipinski definition) is 3. The molecule has 27 heavy (non-hydrogen) atoms. The van der Waals surface area contributed by atoms with E-state index in [1.54, 1.807) is 18.3 Å². The molecule has 1 aliphatic heterocycles. The predicted molar refractivity (Wildman–Crippen MR) is 97.2 cm³/mol. The molecule has 3 N–H and O–H groups in total. The third-order valence-corrected chi connectivity index (χ3v) is 4.81. The molecule has 0 radical (unpaired) electrons. The van der Waals surface area contributed by atoms with Gasteiger partial charge in [0.1, 0.15) is 12.2 Å². The van der Waals surface area contributed by atoms with Crippen LogP contribution < -0.4 is 5.32 Å². The Balaban J connectivity index is 1.61. The normalized spacial score (nSPS) is 25.0. The first-order valence-electron chi connectivity index (χ1n) is 8.96. The number of amides is 1. The number of pyridine rings is 1. The zero-order valence-electron chi connectivity index (χ0n) is 15.2. The van der Waals surface area contributed by atoms with E-state index in [-0.39, 0.29) is 30.9 Å². The van der Waals surface area contributed by atoms with Gasteiger partial charge in [-0.05, 0) is 31.3 Å². The van der Waals surface area contributed by atoms with Crippen molar-refractivity contribution in [2.75, 3.05) is 26.7 Å². The highest BCUT2D eigenvalue weighted by Gasteiger charge is 2.45. The quantitative estimate of drug-likeness (QED) is 0.599. The maximum Gasteiger partial charge on any atom is 0.287 e. The lowest BCUT2D eigenvalue weighted by Gasteiger charge is -2.30. The van der Waals surface area contributed by atoms with Crippen LogP contribution in [0.25, 0.3) is 0 Å². The fourth-order valence-electron chi connectivity index (χ4n) is 3.36. The summed E-state index contributed by atoms with van der Waals surface area (Å²) in [5.41, 5.74) is 0.958. The maximum atomic E-state index is 12.1. The summed E-state index contributed by atoms with van der Waals surface area (Å²) in [5.74, 6) is -0.132. The number of ether oxygens (including phenoxy) is 1. The van der Waals surface area contributed by atoms with Gasteiger partial charge in [-0.15, -0.1) is 0 Å². The van der Waals surface area contributed by atoms with Gasteiger partial charge < -0.3 is 24.7 Å². The van der Waals surface area contributed by atoms with Crippen LogP contribution in [-0.2, 0) is 11.2 Å². The molecule has 0 spiro atoms. The van der Waals surface area contributed by atoms with E-state index in [2.05, 4.69) is 10.3 Å². The average Bonchev–Trinajstić information content (AvgIpc) is 3.33. The molecule has 0 bridgehead atoms. The van der Waals surface area contributed by atoms with Gasteiger partial charge >= 0.3 is 0 Å². The van der Waals surface area contributed by atoms with E-state index in [1.807, 2.05) is 30.1 Å². The van der Waals surface area contributed by atoms with Gasteiger partial charge in [0.05, 0.1) is 25.0 Å². The van der Waals surface area contributed by atoms with Crippen LogP contribution in [-0.4, -0.2) is 77.1 Å². The van der Waals surface area contributed by atoms with Gasteiger partial charge in [-0.2, -0.15) is 0 Å². The second kappa shape index (κ2) is 9.09. The average molecular weight is 375 g/mol. The van der Waals surface area contributed by atoms with Crippen molar-refractivity contribution in [3.05, 3.63) is 54.2 Å². The van der Waals surface area contributed by atoms with Crippen LogP contribution in [0.1, 0.15) is 16.2 Å². The molecule has 1 amide bonds. The molecule has 1 saturated heterocycles. The van der Waals surface area contributed by atoms with E-state index in [4.69, 9.17) is 9.15 Å². The van der Waals surface area contributed by atoms with E-state index in [0.717, 1.165) is 12.1 Å². The number of nitrogens with one attached hydrogen (secondary N) is 1. The highest BCUT2D eigenvalue weighted by atomic mass is 16.5. The zero-order valence-corrected chi connectivity index (χ0v) is 15.2. The molecule has 2 aromatic rings. The summed E-state index contributed by atoms with van der Waals surface area (Å²) < 4.78 is 10.8. The number of likely N-dealkylation sites (N-methyl/N-ethyl adjacent to an activating group) is 1. The molecule has 1 fully saturated rings. The van der Waals surface area contributed by atoms with Crippen molar-refractivity contribution in [1.82, 2.24) is 15.2 Å². The molecule has 4 atom stereocenters. The second-order valence-electron chi connectivity index (χ2n) is 6.62. The second-order valence-corrected chi connectivity index (χ2v) is 6.62. The van der Waals surface area contributed by atoms with Crippen LogP contribution in [0.3, 0.4) is 0 Å². The fraction of sp³-hybridized carbons (Fsp3) is 0.474. The summed E-state index contributed by atoms with van der Waals surface area (Å²) in [6.45, 7) is 0.572. The highest BCUT2D eigenvalue weighted by Crippen LogP contribution is 2.25. The van der Waals surface area contributed by atoms with E-state index in [1.165, 1.54) is 6.26 Å². The van der Waals surface area contributed by atoms with E-state index >= 15 is 0 Å². The lowest BCUT2D eigenvalue weighted by molar-refractivity contribution is -0.0209. The van der Waals surface area contributed by atoms with Crippen LogP contribution in [0, 0.1) is 0 Å². The van der Waals surface area contributed by atoms with Crippen molar-refractivity contribution in [1.29, 1.82) is 0 Å². The molecule has 0 aliphatic carbocycles. The third-order valence-electron chi connectivity index (χ3n) is 4.81. The Labute approximate surface area is 157 Å². The van der Waals surface area contributed by atoms with Gasteiger partial charge in [-0.3, -0.25) is 14.7 Å². The molecule has 3 heterocycles. The van der Waals surface area contributed by atoms with Crippen molar-refractivity contribution in [3.8, 4) is 0 Å². The van der Waals surface area contributed by atoms with Gasteiger partial charge in [-0.1, -0.05) is 6.07 Å². The Morgan fingerprint density at radius 2 is 2.15 bits per heavy atom. The van der Waals surface area contributed by atoms with Gasteiger partial charge in [-0.25, -0.2) is 0 Å². The van der Waals surface area contributed by atoms with Crippen molar-refractivity contribution >= 4 is 5.91 Å². The number of rotatable bonds is 8. The SMILES string of the molecule is CN(CCc1ccccn1)[C@@H]1[C@H](O)[C@H](CO)O[C@@H]1CNC(=O)c1ccco1. The van der Waals surface area contributed by atoms with Crippen LogP contribution in [0.15, 0.2) is 47.2 Å². The van der Waals surface area contributed by atoms with Gasteiger partial charge in [0.15, 0.2) is 5.76 Å². The first-order valence-corrected chi connectivity index (χ1v) is 8.96. The standard InChI is InChI=1S/C19H25N3O5/c1-22(9-7-13-5-2-3-8-20-13)17-15(27-16(12-23)18(17)24)11-21-19(25)14-6-4-10-26-14/h2-6,8,10,15-18,23-24H,7,9,11-12H2,1H3,(H,21,25)/t15-,16+,17+,18-/m1/s1. The van der Waals surface area contributed by atoms with Crippen molar-refractivity contribution in [2.24, 2.45) is 0 Å². The summed E-state index contributed by atoms with van der Waals surface area (Å²) in [4.78, 5) is 18.4. The van der Waals surface area contributed by atoms with Crippen LogP contribution in [0.2, 0.25) is 0 Å². The van der Waals surface area contributed by atoms with Crippen molar-refractivity contribution < 1.29 is 24.2 Å². The number of furan rings is 1. The minimum Gasteiger partial charge on any atom is -0.459 e. The Bertz CT molecular complexity index is 709. The van der Waals surface area contributed by atoms with E-state index in [0.29, 0.717) is 6.54 Å². The zero-order chi connectivity index (χ0) is 19.2. The molecule has 0 unspecified atom stereocenters. The fourth-order valence-corrected chi connectivity index (χ4v) is 3.36. The van der Waals surface area contributed by atoms with Crippen LogP contribution >= 0.6 is 0 Å². The van der Waals surface area contributed by atoms with E-state index in [9.17, 15) is 15.0 Å². The number of hydrogen-bond acceptors (Lipinski definition) is 7. The molecule has 1 aliphatic rings. The number of carbonyl (C=O) groups excluding carboxylic acids is 1. The molecular formula is C19H25N3O5. The lowest BCUT2D eigenvalue weighted by atomic mass is 10.0. The Morgan fingerprint density at radius 3 is 2.81 bits per heavy atom. The summed E-state index contributed by atoms with van der Waals surface area (Å²) in [7, 11) is 1.89. The molecule has 2 aromatic heterocycles. The van der Waals surface area contributed by atoms with Crippen LogP contribution in [0.5, 0.6) is 0 Å². The number of aliphatic hydroxyl groups excluding tert-OH is 2. The molecule has 0 aromatic carbocycles. The highest BCUT2D eigenvalue weighted by molar-refractivity contribution is 5.91. The monoisotopic (exact) mass is 375 g/mol. The van der Waals surface area contributed by atoms with Crippen molar-refractivity contribution in [3.63, 3.8) is 0 Å². The Kier molecular flexibility index (Phi) is 6.57. The Morgan fingerprint density at radius 1 is 1.30 bits per heavy atom. The number of carbonyl (C=O) groups is 1. The number of nitrogens with zero attached hydrogens (tertiary/aromatic N) is 2. The number of aromatic nitrogens is 1. The molecule has 8 heteroatoms. The minimum atomic E-state index is -0.853. The summed E-state index contributed by atoms with van der Waals surface area (Å²) in [6, 6.07) is 8.61. The smallest absolute Gasteiger partial charge is 0.287 e. The molecule has 3 rings (SSSR count). The number of aliphatic hydroxyl groups is 2. The third kappa shape index (κ3) is 4.72. The first-order chi connectivity index (χ1) is 13.1.